The highest BCUT2D eigenvalue weighted by Gasteiger charge is 2.38. The average molecular weight is 567 g/mol. The molecule has 2 fully saturated rings. The van der Waals surface area contributed by atoms with Crippen LogP contribution in [0.3, 0.4) is 0 Å². The molecule has 2 heterocycles. The van der Waals surface area contributed by atoms with E-state index in [1.54, 1.807) is 6.20 Å². The van der Waals surface area contributed by atoms with Gasteiger partial charge < -0.3 is 15.7 Å². The zero-order valence-electron chi connectivity index (χ0n) is 22.5. The molecule has 10 heteroatoms. The van der Waals surface area contributed by atoms with Gasteiger partial charge >= 0.3 is 6.18 Å². The van der Waals surface area contributed by atoms with Crippen LogP contribution in [-0.2, 0) is 16.6 Å². The molecule has 1 aliphatic heterocycles. The number of aromatic nitrogens is 1. The zero-order chi connectivity index (χ0) is 29.0. The molecule has 41 heavy (non-hydrogen) atoms. The summed E-state index contributed by atoms with van der Waals surface area (Å²) in [5.74, 6) is -1.12. The molecule has 2 aromatic carbocycles. The summed E-state index contributed by atoms with van der Waals surface area (Å²) in [7, 11) is 0. The minimum atomic E-state index is -4.55. The van der Waals surface area contributed by atoms with E-state index in [1.165, 1.54) is 6.07 Å². The summed E-state index contributed by atoms with van der Waals surface area (Å²) in [5.41, 5.74) is 1.07. The molecule has 5 rings (SSSR count). The number of benzene rings is 2. The zero-order valence-corrected chi connectivity index (χ0v) is 22.5. The largest absolute Gasteiger partial charge is 0.416 e. The normalized spacial score (nSPS) is 23.2. The molecule has 216 valence electrons. The van der Waals surface area contributed by atoms with Crippen molar-refractivity contribution in [2.24, 2.45) is 0 Å². The van der Waals surface area contributed by atoms with Gasteiger partial charge in [-0.15, -0.1) is 0 Å². The Bertz CT molecular complexity index is 1360. The lowest BCUT2D eigenvalue weighted by Crippen LogP contribution is -2.45. The number of nitrogens with zero attached hydrogens (tertiary/aromatic N) is 2. The summed E-state index contributed by atoms with van der Waals surface area (Å²) in [6.45, 7) is 1.18. The van der Waals surface area contributed by atoms with Crippen LogP contribution < -0.4 is 10.6 Å². The third-order valence-corrected chi connectivity index (χ3v) is 8.16. The maximum atomic E-state index is 12.9. The van der Waals surface area contributed by atoms with Crippen molar-refractivity contribution in [3.8, 4) is 11.1 Å². The third-order valence-electron chi connectivity index (χ3n) is 8.16. The number of hydrogen-bond acceptors (Lipinski definition) is 5. The Kier molecular flexibility index (Phi) is 8.42. The number of alkyl halides is 3. The number of nitrogens with one attached hydrogen (secondary N) is 2. The molecule has 0 radical (unpaired) electrons. The van der Waals surface area contributed by atoms with Crippen molar-refractivity contribution in [1.29, 1.82) is 0 Å². The molecule has 1 atom stereocenters. The monoisotopic (exact) mass is 566 g/mol. The van der Waals surface area contributed by atoms with Gasteiger partial charge in [-0.05, 0) is 73.1 Å². The predicted octanol–water partition coefficient (Wildman–Crippen LogP) is 4.52. The number of likely N-dealkylation sites (tertiary alicyclic amines) is 1. The number of hydrogen-bond donors (Lipinski definition) is 3. The molecular weight excluding hydrogens is 533 g/mol. The molecule has 1 aromatic heterocycles. The van der Waals surface area contributed by atoms with Crippen molar-refractivity contribution in [2.45, 2.75) is 56.0 Å². The van der Waals surface area contributed by atoms with E-state index in [-0.39, 0.29) is 24.1 Å². The molecule has 2 amide bonds. The van der Waals surface area contributed by atoms with Gasteiger partial charge in [0.05, 0.1) is 17.7 Å². The molecule has 7 nitrogen and oxygen atoms in total. The van der Waals surface area contributed by atoms with Crippen LogP contribution in [0.2, 0.25) is 0 Å². The maximum Gasteiger partial charge on any atom is 0.416 e. The van der Waals surface area contributed by atoms with Crippen molar-refractivity contribution in [3.05, 3.63) is 89.7 Å². The molecule has 3 aromatic rings. The van der Waals surface area contributed by atoms with E-state index in [4.69, 9.17) is 0 Å². The maximum absolute atomic E-state index is 12.9. The fraction of sp³-hybridized carbons (Fsp3) is 0.387. The molecule has 1 aliphatic carbocycles. The highest BCUT2D eigenvalue weighted by Crippen LogP contribution is 2.40. The first-order valence-electron chi connectivity index (χ1n) is 13.8. The Hall–Kier alpha value is -3.76. The Labute approximate surface area is 236 Å². The van der Waals surface area contributed by atoms with Crippen LogP contribution in [0, 0.1) is 0 Å². The summed E-state index contributed by atoms with van der Waals surface area (Å²) in [4.78, 5) is 31.2. The van der Waals surface area contributed by atoms with Gasteiger partial charge in [0.25, 0.3) is 5.91 Å². The molecule has 3 N–H and O–H groups in total. The number of rotatable bonds is 7. The van der Waals surface area contributed by atoms with Gasteiger partial charge in [-0.25, -0.2) is 0 Å². The lowest BCUT2D eigenvalue weighted by Gasteiger charge is -2.40. The summed E-state index contributed by atoms with van der Waals surface area (Å²) in [5, 5.41) is 16.7. The van der Waals surface area contributed by atoms with Crippen LogP contribution in [0.15, 0.2) is 73.1 Å². The summed E-state index contributed by atoms with van der Waals surface area (Å²) < 4.78 is 38.7. The van der Waals surface area contributed by atoms with E-state index < -0.39 is 23.2 Å². The number of amides is 2. The molecule has 1 unspecified atom stereocenters. The van der Waals surface area contributed by atoms with E-state index >= 15 is 0 Å². The number of halogens is 3. The van der Waals surface area contributed by atoms with E-state index in [0.29, 0.717) is 25.4 Å². The lowest BCUT2D eigenvalue weighted by molar-refractivity contribution is -0.137. The molecular formula is C31H33F3N4O3. The molecule has 1 saturated carbocycles. The van der Waals surface area contributed by atoms with Crippen LogP contribution in [-0.4, -0.2) is 58.5 Å². The van der Waals surface area contributed by atoms with Crippen molar-refractivity contribution in [1.82, 2.24) is 20.5 Å². The van der Waals surface area contributed by atoms with Gasteiger partial charge in [0.15, 0.2) is 0 Å². The van der Waals surface area contributed by atoms with Crippen LogP contribution in [0.5, 0.6) is 0 Å². The summed E-state index contributed by atoms with van der Waals surface area (Å²) >= 11 is 0. The SMILES string of the molecule is O=C(CNC(=O)c1cccc(C(F)(F)F)c1)NC1CCN(C2CCC(O)(c3ccc(-c4cccnc4)cc3)CC2)C1. The second-order valence-corrected chi connectivity index (χ2v) is 10.9. The highest BCUT2D eigenvalue weighted by molar-refractivity contribution is 5.96. The number of pyridine rings is 1. The minimum absolute atomic E-state index is 0.0752. The molecule has 1 saturated heterocycles. The summed E-state index contributed by atoms with van der Waals surface area (Å²) in [6, 6.07) is 16.3. The van der Waals surface area contributed by atoms with Gasteiger partial charge in [0, 0.05) is 43.1 Å². The van der Waals surface area contributed by atoms with Crippen molar-refractivity contribution in [3.63, 3.8) is 0 Å². The second-order valence-electron chi connectivity index (χ2n) is 10.9. The van der Waals surface area contributed by atoms with Crippen molar-refractivity contribution < 1.29 is 27.9 Å². The fourth-order valence-electron chi connectivity index (χ4n) is 5.86. The highest BCUT2D eigenvalue weighted by atomic mass is 19.4. The first kappa shape index (κ1) is 28.8. The Morgan fingerprint density at radius 1 is 1.00 bits per heavy atom. The standard InChI is InChI=1S/C31H33F3N4O3/c32-31(33,34)25-5-1-3-22(17-25)29(40)36-19-28(39)37-26-12-16-38(20-26)27-10-13-30(41,14-11-27)24-8-6-21(7-9-24)23-4-2-15-35-18-23/h1-9,15,17-18,26-27,41H,10-14,16,19-20H2,(H,36,40)(H,37,39). The van der Waals surface area contributed by atoms with Crippen molar-refractivity contribution in [2.75, 3.05) is 19.6 Å². The first-order chi connectivity index (χ1) is 19.6. The van der Waals surface area contributed by atoms with Gasteiger partial charge in [-0.2, -0.15) is 13.2 Å². The first-order valence-corrected chi connectivity index (χ1v) is 13.8. The van der Waals surface area contributed by atoms with E-state index in [9.17, 15) is 27.9 Å². The molecule has 0 bridgehead atoms. The Morgan fingerprint density at radius 2 is 1.76 bits per heavy atom. The topological polar surface area (TPSA) is 94.6 Å². The van der Waals surface area contributed by atoms with Gasteiger partial charge in [0.1, 0.15) is 0 Å². The number of aliphatic hydroxyl groups is 1. The average Bonchev–Trinajstić information content (AvgIpc) is 3.44. The van der Waals surface area contributed by atoms with Gasteiger partial charge in [-0.3, -0.25) is 19.5 Å². The molecule has 2 aliphatic rings. The van der Waals surface area contributed by atoms with E-state index in [2.05, 4.69) is 20.5 Å². The van der Waals surface area contributed by atoms with Crippen molar-refractivity contribution >= 4 is 11.8 Å². The summed E-state index contributed by atoms with van der Waals surface area (Å²) in [6.07, 6.45) is 2.76. The minimum Gasteiger partial charge on any atom is -0.385 e. The van der Waals surface area contributed by atoms with Gasteiger partial charge in [-0.1, -0.05) is 36.4 Å². The smallest absolute Gasteiger partial charge is 0.385 e. The second kappa shape index (κ2) is 12.0. The van der Waals surface area contributed by atoms with E-state index in [0.717, 1.165) is 60.7 Å². The number of carbonyl (C=O) groups is 2. The Morgan fingerprint density at radius 3 is 2.44 bits per heavy atom. The van der Waals surface area contributed by atoms with Crippen LogP contribution in [0.25, 0.3) is 11.1 Å². The number of carbonyl (C=O) groups excluding carboxylic acids is 2. The lowest BCUT2D eigenvalue weighted by atomic mass is 9.77. The Balaban J connectivity index is 1.07. The van der Waals surface area contributed by atoms with Gasteiger partial charge in [0.2, 0.25) is 5.91 Å². The quantitative estimate of drug-likeness (QED) is 0.391. The third kappa shape index (κ3) is 6.94. The predicted molar refractivity (Wildman–Crippen MR) is 148 cm³/mol. The van der Waals surface area contributed by atoms with Crippen LogP contribution in [0.1, 0.15) is 53.6 Å². The molecule has 0 spiro atoms. The fourth-order valence-corrected chi connectivity index (χ4v) is 5.86. The van der Waals surface area contributed by atoms with Crippen LogP contribution >= 0.6 is 0 Å². The van der Waals surface area contributed by atoms with Crippen LogP contribution in [0.4, 0.5) is 13.2 Å². The van der Waals surface area contributed by atoms with E-state index in [1.807, 2.05) is 42.6 Å².